The lowest BCUT2D eigenvalue weighted by atomic mass is 10.1. The molecule has 1 N–H and O–H groups in total. The fourth-order valence-electron chi connectivity index (χ4n) is 2.15. The molecule has 108 valence electrons. The zero-order chi connectivity index (χ0) is 14.5. The molecule has 1 saturated carbocycles. The van der Waals surface area contributed by atoms with E-state index in [0.717, 1.165) is 22.9 Å². The second-order valence-electron chi connectivity index (χ2n) is 5.09. The first-order valence-electron chi connectivity index (χ1n) is 6.82. The van der Waals surface area contributed by atoms with Crippen LogP contribution in [0.4, 0.5) is 0 Å². The van der Waals surface area contributed by atoms with Crippen LogP contribution in [0.2, 0.25) is 0 Å². The lowest BCUT2D eigenvalue weighted by Gasteiger charge is -2.23. The predicted octanol–water partition coefficient (Wildman–Crippen LogP) is 3.20. The monoisotopic (exact) mass is 339 g/mol. The third-order valence-corrected chi connectivity index (χ3v) is 4.16. The Morgan fingerprint density at radius 2 is 1.95 bits per heavy atom. The van der Waals surface area contributed by atoms with Crippen molar-refractivity contribution in [2.45, 2.75) is 44.7 Å². The van der Waals surface area contributed by atoms with Crippen molar-refractivity contribution in [3.8, 4) is 0 Å². The van der Waals surface area contributed by atoms with Crippen molar-refractivity contribution in [1.82, 2.24) is 4.90 Å². The maximum absolute atomic E-state index is 12.2. The topological polar surface area (TPSA) is 57.6 Å². The number of aliphatic carboxylic acids is 1. The van der Waals surface area contributed by atoms with Crippen LogP contribution in [-0.4, -0.2) is 27.9 Å². The van der Waals surface area contributed by atoms with Crippen molar-refractivity contribution >= 4 is 27.8 Å². The van der Waals surface area contributed by atoms with Crippen LogP contribution in [0.3, 0.4) is 0 Å². The summed E-state index contributed by atoms with van der Waals surface area (Å²) in [4.78, 5) is 24.6. The van der Waals surface area contributed by atoms with Crippen LogP contribution < -0.4 is 0 Å². The SMILES string of the molecule is O=C(O)CCCC(=O)N(Cc1ccccc1Br)C1CC1. The van der Waals surface area contributed by atoms with Crippen LogP contribution in [0.1, 0.15) is 37.7 Å². The Balaban J connectivity index is 1.95. The van der Waals surface area contributed by atoms with Gasteiger partial charge < -0.3 is 10.0 Å². The van der Waals surface area contributed by atoms with Crippen LogP contribution in [0.25, 0.3) is 0 Å². The van der Waals surface area contributed by atoms with Crippen molar-refractivity contribution < 1.29 is 14.7 Å². The molecule has 5 heteroatoms. The maximum Gasteiger partial charge on any atom is 0.303 e. The van der Waals surface area contributed by atoms with Gasteiger partial charge in [0.15, 0.2) is 0 Å². The average molecular weight is 340 g/mol. The molecule has 0 aliphatic heterocycles. The summed E-state index contributed by atoms with van der Waals surface area (Å²) in [6.07, 6.45) is 2.88. The predicted molar refractivity (Wildman–Crippen MR) is 79.2 cm³/mol. The van der Waals surface area contributed by atoms with Gasteiger partial charge in [0.25, 0.3) is 0 Å². The summed E-state index contributed by atoms with van der Waals surface area (Å²) < 4.78 is 1.00. The number of rotatable bonds is 7. The summed E-state index contributed by atoms with van der Waals surface area (Å²) in [6.45, 7) is 0.595. The number of benzene rings is 1. The molecule has 0 bridgehead atoms. The van der Waals surface area contributed by atoms with Crippen LogP contribution in [0.5, 0.6) is 0 Å². The third-order valence-electron chi connectivity index (χ3n) is 3.39. The van der Waals surface area contributed by atoms with Crippen LogP contribution in [0, 0.1) is 0 Å². The molecule has 0 saturated heterocycles. The minimum absolute atomic E-state index is 0.0548. The van der Waals surface area contributed by atoms with Gasteiger partial charge in [0, 0.05) is 29.9 Å². The van der Waals surface area contributed by atoms with E-state index in [9.17, 15) is 9.59 Å². The van der Waals surface area contributed by atoms with Gasteiger partial charge in [-0.15, -0.1) is 0 Å². The minimum atomic E-state index is -0.846. The highest BCUT2D eigenvalue weighted by molar-refractivity contribution is 9.10. The molecule has 1 aromatic carbocycles. The first-order chi connectivity index (χ1) is 9.58. The molecule has 1 aromatic rings. The van der Waals surface area contributed by atoms with Crippen molar-refractivity contribution in [2.24, 2.45) is 0 Å². The van der Waals surface area contributed by atoms with Gasteiger partial charge in [0.2, 0.25) is 5.91 Å². The van der Waals surface area contributed by atoms with Gasteiger partial charge in [0.05, 0.1) is 0 Å². The lowest BCUT2D eigenvalue weighted by molar-refractivity contribution is -0.137. The number of carboxylic acids is 1. The molecule has 1 amide bonds. The molecular formula is C15H18BrNO3. The van der Waals surface area contributed by atoms with E-state index >= 15 is 0 Å². The minimum Gasteiger partial charge on any atom is -0.481 e. The molecule has 1 fully saturated rings. The van der Waals surface area contributed by atoms with Gasteiger partial charge in [-0.1, -0.05) is 34.1 Å². The number of carbonyl (C=O) groups excluding carboxylic acids is 1. The van der Waals surface area contributed by atoms with E-state index in [-0.39, 0.29) is 12.3 Å². The molecule has 20 heavy (non-hydrogen) atoms. The molecule has 0 heterocycles. The van der Waals surface area contributed by atoms with Crippen molar-refractivity contribution in [3.05, 3.63) is 34.3 Å². The Morgan fingerprint density at radius 3 is 2.55 bits per heavy atom. The number of halogens is 1. The van der Waals surface area contributed by atoms with E-state index in [1.165, 1.54) is 0 Å². The number of amides is 1. The Morgan fingerprint density at radius 1 is 1.25 bits per heavy atom. The Kier molecular flexibility index (Phi) is 5.17. The summed E-state index contributed by atoms with van der Waals surface area (Å²) in [5.74, 6) is -0.786. The molecule has 0 aromatic heterocycles. The highest BCUT2D eigenvalue weighted by atomic mass is 79.9. The molecule has 0 atom stereocenters. The van der Waals surface area contributed by atoms with Gasteiger partial charge >= 0.3 is 5.97 Å². The van der Waals surface area contributed by atoms with E-state index in [0.29, 0.717) is 25.4 Å². The number of carboxylic acid groups (broad SMARTS) is 1. The second kappa shape index (κ2) is 6.88. The molecule has 1 aliphatic carbocycles. The number of hydrogen-bond acceptors (Lipinski definition) is 2. The summed E-state index contributed by atoms with van der Waals surface area (Å²) in [5.41, 5.74) is 1.09. The normalized spacial score (nSPS) is 14.1. The fourth-order valence-corrected chi connectivity index (χ4v) is 2.56. The standard InChI is InChI=1S/C15H18BrNO3/c16-13-5-2-1-4-11(13)10-17(12-8-9-12)14(18)6-3-7-15(19)20/h1-2,4-5,12H,3,6-10H2,(H,19,20). The summed E-state index contributed by atoms with van der Waals surface area (Å²) in [7, 11) is 0. The van der Waals surface area contributed by atoms with Crippen molar-refractivity contribution in [3.63, 3.8) is 0 Å². The zero-order valence-corrected chi connectivity index (χ0v) is 12.8. The Bertz CT molecular complexity index is 500. The Labute approximate surface area is 126 Å². The van der Waals surface area contributed by atoms with Crippen LogP contribution in [0.15, 0.2) is 28.7 Å². The van der Waals surface area contributed by atoms with Gasteiger partial charge in [-0.25, -0.2) is 0 Å². The van der Waals surface area contributed by atoms with Gasteiger partial charge in [-0.05, 0) is 30.9 Å². The van der Waals surface area contributed by atoms with Gasteiger partial charge in [-0.3, -0.25) is 9.59 Å². The summed E-state index contributed by atoms with van der Waals surface area (Å²) in [6, 6.07) is 8.21. The van der Waals surface area contributed by atoms with E-state index in [1.54, 1.807) is 0 Å². The lowest BCUT2D eigenvalue weighted by Crippen LogP contribution is -2.32. The number of hydrogen-bond donors (Lipinski definition) is 1. The van der Waals surface area contributed by atoms with Crippen LogP contribution in [-0.2, 0) is 16.1 Å². The fraction of sp³-hybridized carbons (Fsp3) is 0.467. The Hall–Kier alpha value is -1.36. The quantitative estimate of drug-likeness (QED) is 0.829. The average Bonchev–Trinajstić information content (AvgIpc) is 3.21. The third kappa shape index (κ3) is 4.34. The van der Waals surface area contributed by atoms with E-state index in [1.807, 2.05) is 29.2 Å². The number of carbonyl (C=O) groups is 2. The molecule has 2 rings (SSSR count). The zero-order valence-electron chi connectivity index (χ0n) is 11.2. The molecule has 0 radical (unpaired) electrons. The van der Waals surface area contributed by atoms with Gasteiger partial charge in [0.1, 0.15) is 0 Å². The first kappa shape index (κ1) is 15.0. The molecule has 0 spiro atoms. The summed E-state index contributed by atoms with van der Waals surface area (Å²) in [5, 5.41) is 8.63. The highest BCUT2D eigenvalue weighted by Crippen LogP contribution is 2.30. The first-order valence-corrected chi connectivity index (χ1v) is 7.62. The maximum atomic E-state index is 12.2. The molecule has 4 nitrogen and oxygen atoms in total. The molecule has 1 aliphatic rings. The van der Waals surface area contributed by atoms with E-state index in [4.69, 9.17) is 5.11 Å². The highest BCUT2D eigenvalue weighted by Gasteiger charge is 2.32. The summed E-state index contributed by atoms with van der Waals surface area (Å²) >= 11 is 3.50. The van der Waals surface area contributed by atoms with E-state index < -0.39 is 5.97 Å². The largest absolute Gasteiger partial charge is 0.481 e. The number of nitrogens with zero attached hydrogens (tertiary/aromatic N) is 1. The smallest absolute Gasteiger partial charge is 0.303 e. The molecular weight excluding hydrogens is 322 g/mol. The van der Waals surface area contributed by atoms with E-state index in [2.05, 4.69) is 15.9 Å². The van der Waals surface area contributed by atoms with Crippen LogP contribution >= 0.6 is 15.9 Å². The van der Waals surface area contributed by atoms with Crippen molar-refractivity contribution in [1.29, 1.82) is 0 Å². The molecule has 0 unspecified atom stereocenters. The van der Waals surface area contributed by atoms with Crippen molar-refractivity contribution in [2.75, 3.05) is 0 Å². The van der Waals surface area contributed by atoms with Gasteiger partial charge in [-0.2, -0.15) is 0 Å². The second-order valence-corrected chi connectivity index (χ2v) is 5.95.